The minimum Gasteiger partial charge on any atom is -0.359 e. The molecule has 106 valence electrons. The summed E-state index contributed by atoms with van der Waals surface area (Å²) in [6.07, 6.45) is 2.90. The molecule has 0 N–H and O–H groups in total. The monoisotopic (exact) mass is 332 g/mol. The van der Waals surface area contributed by atoms with Gasteiger partial charge in [-0.2, -0.15) is 0 Å². The van der Waals surface area contributed by atoms with Crippen LogP contribution < -0.4 is 4.90 Å². The summed E-state index contributed by atoms with van der Waals surface area (Å²) in [6, 6.07) is 8.76. The Morgan fingerprint density at radius 2 is 1.85 bits per heavy atom. The number of pyridine rings is 1. The molecule has 0 fully saturated rings. The van der Waals surface area contributed by atoms with Gasteiger partial charge in [0.15, 0.2) is 0 Å². The molecule has 0 saturated heterocycles. The van der Waals surface area contributed by atoms with E-state index in [-0.39, 0.29) is 0 Å². The van der Waals surface area contributed by atoms with Gasteiger partial charge in [0, 0.05) is 24.3 Å². The maximum atomic E-state index is 4.51. The highest BCUT2D eigenvalue weighted by atomic mass is 79.9. The SMILES string of the molecule is Cc1ccc(C)c(CCN(C)c2ncc(Br)cc2C)c1. The minimum atomic E-state index is 0.972. The lowest BCUT2D eigenvalue weighted by Gasteiger charge is -2.21. The van der Waals surface area contributed by atoms with Crippen molar-refractivity contribution in [3.8, 4) is 0 Å². The lowest BCUT2D eigenvalue weighted by molar-refractivity contribution is 0.849. The maximum absolute atomic E-state index is 4.51. The van der Waals surface area contributed by atoms with E-state index in [4.69, 9.17) is 0 Å². The van der Waals surface area contributed by atoms with Gasteiger partial charge in [-0.05, 0) is 65.9 Å². The van der Waals surface area contributed by atoms with Crippen LogP contribution in [0.1, 0.15) is 22.3 Å². The Hall–Kier alpha value is -1.35. The van der Waals surface area contributed by atoms with E-state index in [2.05, 4.69) is 77.9 Å². The first-order chi connectivity index (χ1) is 9.47. The third kappa shape index (κ3) is 3.60. The lowest BCUT2D eigenvalue weighted by Crippen LogP contribution is -2.22. The van der Waals surface area contributed by atoms with E-state index in [1.807, 2.05) is 6.20 Å². The number of likely N-dealkylation sites (N-methyl/N-ethyl adjacent to an activating group) is 1. The fourth-order valence-electron chi connectivity index (χ4n) is 2.40. The number of rotatable bonds is 4. The van der Waals surface area contributed by atoms with Gasteiger partial charge in [0.05, 0.1) is 0 Å². The lowest BCUT2D eigenvalue weighted by atomic mass is 10.0. The van der Waals surface area contributed by atoms with Crippen LogP contribution in [0, 0.1) is 20.8 Å². The zero-order valence-corrected chi connectivity index (χ0v) is 14.2. The van der Waals surface area contributed by atoms with Crippen molar-refractivity contribution < 1.29 is 0 Å². The third-order valence-electron chi connectivity index (χ3n) is 3.60. The van der Waals surface area contributed by atoms with E-state index in [0.29, 0.717) is 0 Å². The van der Waals surface area contributed by atoms with E-state index in [1.165, 1.54) is 22.3 Å². The number of aryl methyl sites for hydroxylation is 3. The van der Waals surface area contributed by atoms with Crippen LogP contribution in [0.4, 0.5) is 5.82 Å². The first-order valence-corrected chi connectivity index (χ1v) is 7.66. The van der Waals surface area contributed by atoms with Gasteiger partial charge in [-0.15, -0.1) is 0 Å². The molecule has 0 aliphatic rings. The Balaban J connectivity index is 2.08. The largest absolute Gasteiger partial charge is 0.359 e. The van der Waals surface area contributed by atoms with E-state index in [9.17, 15) is 0 Å². The molecule has 3 heteroatoms. The summed E-state index contributed by atoms with van der Waals surface area (Å²) in [5, 5.41) is 0. The molecule has 0 unspecified atom stereocenters. The van der Waals surface area contributed by atoms with Crippen molar-refractivity contribution in [3.63, 3.8) is 0 Å². The Kier molecular flexibility index (Phi) is 4.81. The first kappa shape index (κ1) is 15.0. The Bertz CT molecular complexity index is 608. The van der Waals surface area contributed by atoms with Gasteiger partial charge in [-0.3, -0.25) is 0 Å². The number of benzene rings is 1. The van der Waals surface area contributed by atoms with Crippen molar-refractivity contribution in [2.75, 3.05) is 18.5 Å². The topological polar surface area (TPSA) is 16.1 Å². The molecule has 20 heavy (non-hydrogen) atoms. The predicted molar refractivity (Wildman–Crippen MR) is 89.6 cm³/mol. The zero-order valence-electron chi connectivity index (χ0n) is 12.6. The summed E-state index contributed by atoms with van der Waals surface area (Å²) in [5.74, 6) is 1.05. The molecule has 2 rings (SSSR count). The Morgan fingerprint density at radius 3 is 2.55 bits per heavy atom. The molecule has 1 aromatic carbocycles. The average Bonchev–Trinajstić information content (AvgIpc) is 2.39. The van der Waals surface area contributed by atoms with E-state index in [0.717, 1.165) is 23.3 Å². The van der Waals surface area contributed by atoms with E-state index < -0.39 is 0 Å². The molecule has 0 spiro atoms. The number of aromatic nitrogens is 1. The second kappa shape index (κ2) is 6.40. The Morgan fingerprint density at radius 1 is 1.10 bits per heavy atom. The molecule has 1 heterocycles. The van der Waals surface area contributed by atoms with Crippen LogP contribution in [0.15, 0.2) is 34.9 Å². The van der Waals surface area contributed by atoms with Crippen LogP contribution in [0.3, 0.4) is 0 Å². The van der Waals surface area contributed by atoms with Crippen LogP contribution >= 0.6 is 15.9 Å². The van der Waals surface area contributed by atoms with Crippen LogP contribution in [-0.4, -0.2) is 18.6 Å². The Labute approximate surface area is 130 Å². The molecule has 0 amide bonds. The molecule has 0 radical (unpaired) electrons. The molecule has 2 nitrogen and oxygen atoms in total. The van der Waals surface area contributed by atoms with Gasteiger partial charge in [0.1, 0.15) is 5.82 Å². The molecule has 0 saturated carbocycles. The molecule has 0 bridgehead atoms. The van der Waals surface area contributed by atoms with Gasteiger partial charge in [-0.25, -0.2) is 4.98 Å². The van der Waals surface area contributed by atoms with Crippen molar-refractivity contribution in [2.24, 2.45) is 0 Å². The van der Waals surface area contributed by atoms with Crippen molar-refractivity contribution in [1.82, 2.24) is 4.98 Å². The standard InChI is InChI=1S/C17H21BrN2/c1-12-5-6-13(2)15(9-12)7-8-20(4)17-14(3)10-16(18)11-19-17/h5-6,9-11H,7-8H2,1-4H3. The zero-order chi connectivity index (χ0) is 14.7. The highest BCUT2D eigenvalue weighted by Crippen LogP contribution is 2.20. The smallest absolute Gasteiger partial charge is 0.131 e. The predicted octanol–water partition coefficient (Wildman–Crippen LogP) is 4.45. The quantitative estimate of drug-likeness (QED) is 0.822. The average molecular weight is 333 g/mol. The normalized spacial score (nSPS) is 10.7. The summed E-state index contributed by atoms with van der Waals surface area (Å²) < 4.78 is 1.03. The van der Waals surface area contributed by atoms with Gasteiger partial charge in [0.2, 0.25) is 0 Å². The molecule has 2 aromatic rings. The van der Waals surface area contributed by atoms with E-state index >= 15 is 0 Å². The first-order valence-electron chi connectivity index (χ1n) is 6.87. The third-order valence-corrected chi connectivity index (χ3v) is 4.03. The molecular formula is C17H21BrN2. The number of hydrogen-bond acceptors (Lipinski definition) is 2. The maximum Gasteiger partial charge on any atom is 0.131 e. The molecule has 0 atom stereocenters. The fourth-order valence-corrected chi connectivity index (χ4v) is 2.84. The summed E-state index contributed by atoms with van der Waals surface area (Å²) in [7, 11) is 2.11. The van der Waals surface area contributed by atoms with Crippen LogP contribution in [0.5, 0.6) is 0 Å². The van der Waals surface area contributed by atoms with Crippen molar-refractivity contribution in [3.05, 3.63) is 57.2 Å². The molecule has 0 aliphatic carbocycles. The summed E-state index contributed by atoms with van der Waals surface area (Å²) in [6.45, 7) is 7.40. The van der Waals surface area contributed by atoms with Gasteiger partial charge >= 0.3 is 0 Å². The number of nitrogens with zero attached hydrogens (tertiary/aromatic N) is 2. The molecule has 1 aromatic heterocycles. The summed E-state index contributed by atoms with van der Waals surface area (Å²) >= 11 is 3.46. The number of halogens is 1. The van der Waals surface area contributed by atoms with Crippen molar-refractivity contribution in [2.45, 2.75) is 27.2 Å². The highest BCUT2D eigenvalue weighted by Gasteiger charge is 2.08. The summed E-state index contributed by atoms with van der Waals surface area (Å²) in [5.41, 5.74) is 5.31. The number of anilines is 1. The van der Waals surface area contributed by atoms with Crippen molar-refractivity contribution in [1.29, 1.82) is 0 Å². The summed E-state index contributed by atoms with van der Waals surface area (Å²) in [4.78, 5) is 6.73. The molecule has 0 aliphatic heterocycles. The van der Waals surface area contributed by atoms with Gasteiger partial charge in [0.25, 0.3) is 0 Å². The fraction of sp³-hybridized carbons (Fsp3) is 0.353. The van der Waals surface area contributed by atoms with Gasteiger partial charge in [-0.1, -0.05) is 23.8 Å². The highest BCUT2D eigenvalue weighted by molar-refractivity contribution is 9.10. The number of hydrogen-bond donors (Lipinski definition) is 0. The van der Waals surface area contributed by atoms with Gasteiger partial charge < -0.3 is 4.90 Å². The van der Waals surface area contributed by atoms with Crippen LogP contribution in [0.2, 0.25) is 0 Å². The second-order valence-corrected chi connectivity index (χ2v) is 6.31. The van der Waals surface area contributed by atoms with Crippen LogP contribution in [-0.2, 0) is 6.42 Å². The second-order valence-electron chi connectivity index (χ2n) is 5.40. The minimum absolute atomic E-state index is 0.972. The van der Waals surface area contributed by atoms with E-state index in [1.54, 1.807) is 0 Å². The van der Waals surface area contributed by atoms with Crippen LogP contribution in [0.25, 0.3) is 0 Å². The van der Waals surface area contributed by atoms with Crippen molar-refractivity contribution >= 4 is 21.7 Å². The molecular weight excluding hydrogens is 312 g/mol.